The molecule has 0 saturated carbocycles. The fourth-order valence-electron chi connectivity index (χ4n) is 4.32. The van der Waals surface area contributed by atoms with Crippen LogP contribution in [0.25, 0.3) is 10.9 Å². The van der Waals surface area contributed by atoms with E-state index in [0.717, 1.165) is 25.0 Å². The zero-order chi connectivity index (χ0) is 24.3. The molecule has 0 unspecified atom stereocenters. The van der Waals surface area contributed by atoms with Gasteiger partial charge in [0, 0.05) is 55.6 Å². The quantitative estimate of drug-likeness (QED) is 0.446. The molecule has 0 bridgehead atoms. The standard InChI is InChI=1S/C27H26N4O3S/c32-27(31-18-16-30(17-19-31)20-21-6-2-1-3-7-21)23-11-13-24(14-12-23)29-35(33,34)25-10-4-8-22-9-5-15-28-26(22)25/h1-15,29H,16-20H2. The van der Waals surface area contributed by atoms with Gasteiger partial charge in [0.15, 0.2) is 0 Å². The normalized spacial score (nSPS) is 14.7. The Kier molecular flexibility index (Phi) is 6.48. The molecule has 1 N–H and O–H groups in total. The SMILES string of the molecule is O=C(c1ccc(NS(=O)(=O)c2cccc3cccnc23)cc1)N1CCN(Cc2ccccc2)CC1. The largest absolute Gasteiger partial charge is 0.336 e. The van der Waals surface area contributed by atoms with E-state index in [9.17, 15) is 13.2 Å². The van der Waals surface area contributed by atoms with E-state index in [0.29, 0.717) is 29.9 Å². The summed E-state index contributed by atoms with van der Waals surface area (Å²) in [7, 11) is -3.84. The van der Waals surface area contributed by atoms with Crippen LogP contribution in [0.3, 0.4) is 0 Å². The van der Waals surface area contributed by atoms with Crippen LogP contribution in [0.2, 0.25) is 0 Å². The first-order chi connectivity index (χ1) is 17.0. The Morgan fingerprint density at radius 1 is 0.829 bits per heavy atom. The molecule has 3 aromatic carbocycles. The van der Waals surface area contributed by atoms with Gasteiger partial charge in [-0.1, -0.05) is 48.5 Å². The van der Waals surface area contributed by atoms with Gasteiger partial charge < -0.3 is 4.90 Å². The number of hydrogen-bond acceptors (Lipinski definition) is 5. The molecule has 178 valence electrons. The zero-order valence-electron chi connectivity index (χ0n) is 19.2. The molecular formula is C27H26N4O3S. The number of anilines is 1. The van der Waals surface area contributed by atoms with Gasteiger partial charge in [-0.05, 0) is 42.0 Å². The van der Waals surface area contributed by atoms with Gasteiger partial charge in [0.2, 0.25) is 0 Å². The molecule has 5 rings (SSSR count). The van der Waals surface area contributed by atoms with Crippen LogP contribution in [0.15, 0.2) is 96.0 Å². The summed E-state index contributed by atoms with van der Waals surface area (Å²) in [6, 6.07) is 25.5. The topological polar surface area (TPSA) is 82.6 Å². The van der Waals surface area contributed by atoms with Crippen LogP contribution in [0.1, 0.15) is 15.9 Å². The average Bonchev–Trinajstić information content (AvgIpc) is 2.89. The van der Waals surface area contributed by atoms with Crippen molar-refractivity contribution in [1.29, 1.82) is 0 Å². The third kappa shape index (κ3) is 5.18. The zero-order valence-corrected chi connectivity index (χ0v) is 20.0. The van der Waals surface area contributed by atoms with Crippen molar-refractivity contribution in [3.63, 3.8) is 0 Å². The maximum absolute atomic E-state index is 13.0. The van der Waals surface area contributed by atoms with E-state index in [2.05, 4.69) is 26.7 Å². The van der Waals surface area contributed by atoms with Gasteiger partial charge >= 0.3 is 0 Å². The number of para-hydroxylation sites is 1. The summed E-state index contributed by atoms with van der Waals surface area (Å²) in [5.74, 6) is -0.0444. The molecule has 1 saturated heterocycles. The number of pyridine rings is 1. The molecule has 1 fully saturated rings. The second-order valence-electron chi connectivity index (χ2n) is 8.57. The van der Waals surface area contributed by atoms with Crippen LogP contribution in [0, 0.1) is 0 Å². The molecule has 0 spiro atoms. The minimum absolute atomic E-state index is 0.0444. The fraction of sp³-hybridized carbons (Fsp3) is 0.185. The molecule has 1 aliphatic heterocycles. The van der Waals surface area contributed by atoms with Crippen molar-refractivity contribution < 1.29 is 13.2 Å². The van der Waals surface area contributed by atoms with Gasteiger partial charge in [0.1, 0.15) is 4.90 Å². The van der Waals surface area contributed by atoms with E-state index < -0.39 is 10.0 Å². The lowest BCUT2D eigenvalue weighted by molar-refractivity contribution is 0.0628. The highest BCUT2D eigenvalue weighted by atomic mass is 32.2. The first-order valence-corrected chi connectivity index (χ1v) is 13.0. The predicted octanol–water partition coefficient (Wildman–Crippen LogP) is 3.99. The van der Waals surface area contributed by atoms with E-state index in [1.54, 1.807) is 42.6 Å². The number of benzene rings is 3. The highest BCUT2D eigenvalue weighted by Crippen LogP contribution is 2.23. The number of rotatable bonds is 6. The minimum Gasteiger partial charge on any atom is -0.336 e. The lowest BCUT2D eigenvalue weighted by atomic mass is 10.1. The number of nitrogens with zero attached hydrogens (tertiary/aromatic N) is 3. The second kappa shape index (κ2) is 9.85. The van der Waals surface area contributed by atoms with Gasteiger partial charge in [0.25, 0.3) is 15.9 Å². The monoisotopic (exact) mass is 486 g/mol. The third-order valence-corrected chi connectivity index (χ3v) is 7.59. The first kappa shape index (κ1) is 23.0. The molecular weight excluding hydrogens is 460 g/mol. The van der Waals surface area contributed by atoms with Crippen molar-refractivity contribution in [2.24, 2.45) is 0 Å². The number of carbonyl (C=O) groups is 1. The molecule has 0 atom stereocenters. The number of carbonyl (C=O) groups excluding carboxylic acids is 1. The van der Waals surface area contributed by atoms with E-state index in [1.807, 2.05) is 35.2 Å². The number of sulfonamides is 1. The average molecular weight is 487 g/mol. The molecule has 1 amide bonds. The maximum atomic E-state index is 13.0. The molecule has 7 nitrogen and oxygen atoms in total. The van der Waals surface area contributed by atoms with Crippen LogP contribution in [-0.2, 0) is 16.6 Å². The summed E-state index contributed by atoms with van der Waals surface area (Å²) >= 11 is 0. The Bertz CT molecular complexity index is 1430. The van der Waals surface area contributed by atoms with Crippen molar-refractivity contribution in [3.05, 3.63) is 102 Å². The molecule has 4 aromatic rings. The van der Waals surface area contributed by atoms with E-state index >= 15 is 0 Å². The van der Waals surface area contributed by atoms with Crippen molar-refractivity contribution in [2.45, 2.75) is 11.4 Å². The molecule has 8 heteroatoms. The molecule has 35 heavy (non-hydrogen) atoms. The first-order valence-electron chi connectivity index (χ1n) is 11.5. The molecule has 1 aliphatic rings. The molecule has 0 radical (unpaired) electrons. The lowest BCUT2D eigenvalue weighted by Crippen LogP contribution is -2.48. The van der Waals surface area contributed by atoms with Crippen LogP contribution >= 0.6 is 0 Å². The highest BCUT2D eigenvalue weighted by molar-refractivity contribution is 7.93. The Labute approximate surface area is 205 Å². The van der Waals surface area contributed by atoms with Crippen LogP contribution < -0.4 is 4.72 Å². The lowest BCUT2D eigenvalue weighted by Gasteiger charge is -2.34. The number of hydrogen-bond donors (Lipinski definition) is 1. The number of amides is 1. The number of fused-ring (bicyclic) bond motifs is 1. The summed E-state index contributed by atoms with van der Waals surface area (Å²) in [5, 5.41) is 0.750. The number of piperazine rings is 1. The van der Waals surface area contributed by atoms with Crippen LogP contribution in [0.5, 0.6) is 0 Å². The summed E-state index contributed by atoms with van der Waals surface area (Å²) in [6.45, 7) is 3.83. The summed E-state index contributed by atoms with van der Waals surface area (Å²) < 4.78 is 28.6. The number of aromatic nitrogens is 1. The minimum atomic E-state index is -3.84. The van der Waals surface area contributed by atoms with Crippen molar-refractivity contribution in [2.75, 3.05) is 30.9 Å². The van der Waals surface area contributed by atoms with Gasteiger partial charge in [0.05, 0.1) is 5.52 Å². The summed E-state index contributed by atoms with van der Waals surface area (Å²) in [4.78, 5) is 21.5. The van der Waals surface area contributed by atoms with Crippen molar-refractivity contribution in [1.82, 2.24) is 14.8 Å². The van der Waals surface area contributed by atoms with Gasteiger partial charge in [-0.25, -0.2) is 8.42 Å². The second-order valence-corrected chi connectivity index (χ2v) is 10.2. The fourth-order valence-corrected chi connectivity index (χ4v) is 5.56. The van der Waals surface area contributed by atoms with Crippen LogP contribution in [-0.4, -0.2) is 55.3 Å². The number of nitrogens with one attached hydrogen (secondary N) is 1. The van der Waals surface area contributed by atoms with E-state index in [1.165, 1.54) is 11.6 Å². The molecule has 0 aliphatic carbocycles. The smallest absolute Gasteiger partial charge is 0.264 e. The Balaban J connectivity index is 1.22. The van der Waals surface area contributed by atoms with Gasteiger partial charge in [-0.2, -0.15) is 0 Å². The Morgan fingerprint density at radius 2 is 1.54 bits per heavy atom. The molecule has 2 heterocycles. The van der Waals surface area contributed by atoms with E-state index in [4.69, 9.17) is 0 Å². The maximum Gasteiger partial charge on any atom is 0.264 e. The third-order valence-electron chi connectivity index (χ3n) is 6.18. The Hall–Kier alpha value is -3.75. The van der Waals surface area contributed by atoms with Crippen LogP contribution in [0.4, 0.5) is 5.69 Å². The highest BCUT2D eigenvalue weighted by Gasteiger charge is 2.23. The van der Waals surface area contributed by atoms with Crippen molar-refractivity contribution >= 4 is 32.5 Å². The summed E-state index contributed by atoms with van der Waals surface area (Å²) in [6.07, 6.45) is 1.57. The van der Waals surface area contributed by atoms with Crippen molar-refractivity contribution in [3.8, 4) is 0 Å². The van der Waals surface area contributed by atoms with E-state index in [-0.39, 0.29) is 10.8 Å². The van der Waals surface area contributed by atoms with Gasteiger partial charge in [-0.15, -0.1) is 0 Å². The summed E-state index contributed by atoms with van der Waals surface area (Å²) in [5.41, 5.74) is 2.61. The van der Waals surface area contributed by atoms with Gasteiger partial charge in [-0.3, -0.25) is 19.4 Å². The predicted molar refractivity (Wildman–Crippen MR) is 137 cm³/mol. The molecule has 1 aromatic heterocycles. The Morgan fingerprint density at radius 3 is 2.29 bits per heavy atom.